The van der Waals surface area contributed by atoms with E-state index in [-0.39, 0.29) is 5.91 Å². The average molecular weight is 343 g/mol. The van der Waals surface area contributed by atoms with Gasteiger partial charge in [0.2, 0.25) is 5.91 Å². The van der Waals surface area contributed by atoms with Gasteiger partial charge in [-0.1, -0.05) is 28.1 Å². The number of carbonyl (C=O) groups excluding carboxylic acids is 1. The van der Waals surface area contributed by atoms with Gasteiger partial charge in [-0.2, -0.15) is 5.26 Å². The Labute approximate surface area is 125 Å². The first-order valence-corrected chi connectivity index (χ1v) is 7.63. The molecule has 1 rings (SSSR count). The lowest BCUT2D eigenvalue weighted by molar-refractivity contribution is -0.118. The maximum Gasteiger partial charge on any atom is 0.231 e. The average Bonchev–Trinajstić information content (AvgIpc) is 2.41. The SMILES string of the molecule is COCCSCC(=O)N[C@@H](C#N)c1cccc(Br)c1. The zero-order valence-corrected chi connectivity index (χ0v) is 13.0. The molecule has 0 aliphatic carbocycles. The number of ether oxygens (including phenoxy) is 1. The third kappa shape index (κ3) is 6.10. The third-order valence-corrected chi connectivity index (χ3v) is 3.70. The minimum absolute atomic E-state index is 0.146. The van der Waals surface area contributed by atoms with Gasteiger partial charge in [-0.25, -0.2) is 0 Å². The Morgan fingerprint density at radius 2 is 2.42 bits per heavy atom. The molecule has 6 heteroatoms. The lowest BCUT2D eigenvalue weighted by Crippen LogP contribution is -2.29. The largest absolute Gasteiger partial charge is 0.384 e. The van der Waals surface area contributed by atoms with E-state index in [1.807, 2.05) is 24.3 Å². The molecule has 1 aromatic carbocycles. The van der Waals surface area contributed by atoms with Crippen LogP contribution in [0.5, 0.6) is 0 Å². The van der Waals surface area contributed by atoms with Gasteiger partial charge in [0.25, 0.3) is 0 Å². The topological polar surface area (TPSA) is 62.1 Å². The van der Waals surface area contributed by atoms with Crippen molar-refractivity contribution < 1.29 is 9.53 Å². The van der Waals surface area contributed by atoms with Gasteiger partial charge in [0.15, 0.2) is 0 Å². The molecule has 19 heavy (non-hydrogen) atoms. The first kappa shape index (κ1) is 16.0. The smallest absolute Gasteiger partial charge is 0.231 e. The van der Waals surface area contributed by atoms with Crippen LogP contribution in [-0.2, 0) is 9.53 Å². The highest BCUT2D eigenvalue weighted by Crippen LogP contribution is 2.17. The molecule has 0 spiro atoms. The molecule has 1 N–H and O–H groups in total. The zero-order valence-electron chi connectivity index (χ0n) is 10.6. The molecule has 102 valence electrons. The molecular formula is C13H15BrN2O2S. The molecule has 0 bridgehead atoms. The molecule has 0 fully saturated rings. The van der Waals surface area contributed by atoms with E-state index in [4.69, 9.17) is 10.00 Å². The Bertz CT molecular complexity index is 462. The van der Waals surface area contributed by atoms with Gasteiger partial charge in [-0.15, -0.1) is 11.8 Å². The molecule has 1 amide bonds. The van der Waals surface area contributed by atoms with Crippen LogP contribution < -0.4 is 5.32 Å². The fourth-order valence-electron chi connectivity index (χ4n) is 1.39. The van der Waals surface area contributed by atoms with Gasteiger partial charge >= 0.3 is 0 Å². The van der Waals surface area contributed by atoms with Crippen molar-refractivity contribution in [2.24, 2.45) is 0 Å². The summed E-state index contributed by atoms with van der Waals surface area (Å²) in [6.07, 6.45) is 0. The molecule has 0 saturated heterocycles. The third-order valence-electron chi connectivity index (χ3n) is 2.28. The van der Waals surface area contributed by atoms with E-state index < -0.39 is 6.04 Å². The number of nitrogens with one attached hydrogen (secondary N) is 1. The molecule has 0 saturated carbocycles. The number of nitriles is 1. The van der Waals surface area contributed by atoms with Crippen molar-refractivity contribution >= 4 is 33.6 Å². The van der Waals surface area contributed by atoms with Gasteiger partial charge in [0, 0.05) is 17.3 Å². The highest BCUT2D eigenvalue weighted by molar-refractivity contribution is 9.10. The van der Waals surface area contributed by atoms with Gasteiger partial charge < -0.3 is 10.1 Å². The van der Waals surface area contributed by atoms with Crippen molar-refractivity contribution in [1.82, 2.24) is 5.32 Å². The maximum atomic E-state index is 11.7. The van der Waals surface area contributed by atoms with Gasteiger partial charge in [-0.05, 0) is 17.7 Å². The van der Waals surface area contributed by atoms with Crippen LogP contribution in [0.2, 0.25) is 0 Å². The summed E-state index contributed by atoms with van der Waals surface area (Å²) in [7, 11) is 1.62. The molecule has 0 heterocycles. The molecule has 0 aliphatic rings. The summed E-state index contributed by atoms with van der Waals surface area (Å²) in [6, 6.07) is 8.83. The van der Waals surface area contributed by atoms with Gasteiger partial charge in [-0.3, -0.25) is 4.79 Å². The van der Waals surface area contributed by atoms with Gasteiger partial charge in [0.1, 0.15) is 6.04 Å². The van der Waals surface area contributed by atoms with Crippen molar-refractivity contribution in [3.05, 3.63) is 34.3 Å². The summed E-state index contributed by atoms with van der Waals surface area (Å²) >= 11 is 4.83. The fourth-order valence-corrected chi connectivity index (χ4v) is 2.50. The molecule has 0 aromatic heterocycles. The number of carbonyl (C=O) groups is 1. The molecule has 1 aromatic rings. The Morgan fingerprint density at radius 1 is 1.63 bits per heavy atom. The molecule has 0 radical (unpaired) electrons. The number of thioether (sulfide) groups is 1. The quantitative estimate of drug-likeness (QED) is 0.773. The molecule has 0 unspecified atom stereocenters. The zero-order chi connectivity index (χ0) is 14.1. The maximum absolute atomic E-state index is 11.7. The Balaban J connectivity index is 2.49. The van der Waals surface area contributed by atoms with Crippen LogP contribution in [0.4, 0.5) is 0 Å². The number of hydrogen-bond acceptors (Lipinski definition) is 4. The minimum atomic E-state index is -0.618. The van der Waals surface area contributed by atoms with E-state index in [9.17, 15) is 4.79 Å². The van der Waals surface area contributed by atoms with E-state index in [2.05, 4.69) is 27.3 Å². The number of rotatable bonds is 7. The van der Waals surface area contributed by atoms with E-state index >= 15 is 0 Å². The van der Waals surface area contributed by atoms with Crippen LogP contribution >= 0.6 is 27.7 Å². The number of nitrogens with zero attached hydrogens (tertiary/aromatic N) is 1. The molecule has 0 aliphatic heterocycles. The van der Waals surface area contributed by atoms with Crippen LogP contribution in [0, 0.1) is 11.3 Å². The van der Waals surface area contributed by atoms with Crippen LogP contribution in [0.3, 0.4) is 0 Å². The predicted molar refractivity (Wildman–Crippen MR) is 79.8 cm³/mol. The Kier molecular flexibility index (Phi) is 7.56. The minimum Gasteiger partial charge on any atom is -0.384 e. The van der Waals surface area contributed by atoms with Crippen molar-refractivity contribution in [3.63, 3.8) is 0 Å². The van der Waals surface area contributed by atoms with Crippen molar-refractivity contribution in [2.45, 2.75) is 6.04 Å². The highest BCUT2D eigenvalue weighted by Gasteiger charge is 2.13. The van der Waals surface area contributed by atoms with E-state index in [1.54, 1.807) is 7.11 Å². The molecular weight excluding hydrogens is 328 g/mol. The van der Waals surface area contributed by atoms with Crippen molar-refractivity contribution in [2.75, 3.05) is 25.2 Å². The van der Waals surface area contributed by atoms with E-state index in [0.717, 1.165) is 15.8 Å². The number of methoxy groups -OCH3 is 1. The highest BCUT2D eigenvalue weighted by atomic mass is 79.9. The first-order valence-electron chi connectivity index (χ1n) is 5.68. The summed E-state index contributed by atoms with van der Waals surface area (Å²) in [6.45, 7) is 0.616. The second kappa shape index (κ2) is 8.97. The number of halogens is 1. The lowest BCUT2D eigenvalue weighted by atomic mass is 10.1. The van der Waals surface area contributed by atoms with Gasteiger partial charge in [0.05, 0.1) is 18.4 Å². The van der Waals surface area contributed by atoms with Crippen LogP contribution in [0.25, 0.3) is 0 Å². The number of benzene rings is 1. The van der Waals surface area contributed by atoms with Crippen molar-refractivity contribution in [3.8, 4) is 6.07 Å². The normalized spacial score (nSPS) is 11.6. The van der Waals surface area contributed by atoms with Crippen molar-refractivity contribution in [1.29, 1.82) is 5.26 Å². The number of amides is 1. The summed E-state index contributed by atoms with van der Waals surface area (Å²) in [5.41, 5.74) is 0.770. The lowest BCUT2D eigenvalue weighted by Gasteiger charge is -2.12. The Morgan fingerprint density at radius 3 is 3.05 bits per heavy atom. The number of hydrogen-bond donors (Lipinski definition) is 1. The summed E-state index contributed by atoms with van der Waals surface area (Å²) in [5.74, 6) is 0.945. The second-order valence-corrected chi connectivity index (χ2v) is 5.75. The van der Waals surface area contributed by atoms with Crippen LogP contribution in [-0.4, -0.2) is 31.1 Å². The van der Waals surface area contributed by atoms with Crippen LogP contribution in [0.1, 0.15) is 11.6 Å². The van der Waals surface area contributed by atoms with Crippen LogP contribution in [0.15, 0.2) is 28.7 Å². The standard InChI is InChI=1S/C13H15BrN2O2S/c1-18-5-6-19-9-13(17)16-12(8-15)10-3-2-4-11(14)7-10/h2-4,7,12H,5-6,9H2,1H3,(H,16,17)/t12-/m0/s1. The summed E-state index contributed by atoms with van der Waals surface area (Å²) < 4.78 is 5.78. The molecule has 1 atom stereocenters. The predicted octanol–water partition coefficient (Wildman–Crippen LogP) is 2.51. The molecule has 4 nitrogen and oxygen atoms in total. The van der Waals surface area contributed by atoms with E-state index in [0.29, 0.717) is 12.4 Å². The second-order valence-electron chi connectivity index (χ2n) is 3.73. The fraction of sp³-hybridized carbons (Fsp3) is 0.385. The summed E-state index contributed by atoms with van der Waals surface area (Å²) in [5, 5.41) is 11.8. The summed E-state index contributed by atoms with van der Waals surface area (Å²) in [4.78, 5) is 11.7. The van der Waals surface area contributed by atoms with E-state index in [1.165, 1.54) is 11.8 Å². The first-order chi connectivity index (χ1) is 9.17. The monoisotopic (exact) mass is 342 g/mol. The Hall–Kier alpha value is -1.03.